The van der Waals surface area contributed by atoms with E-state index in [-0.39, 0.29) is 39.3 Å². The molecule has 2 aromatic carbocycles. The summed E-state index contributed by atoms with van der Waals surface area (Å²) in [7, 11) is 1.23. The van der Waals surface area contributed by atoms with Crippen LogP contribution in [-0.2, 0) is 5.41 Å². The molecule has 0 bridgehead atoms. The monoisotopic (exact) mass is 467 g/mol. The third kappa shape index (κ3) is 3.56. The Balaban J connectivity index is 1.98. The van der Waals surface area contributed by atoms with E-state index < -0.39 is 41.3 Å². The van der Waals surface area contributed by atoms with Crippen molar-refractivity contribution in [3.05, 3.63) is 59.0 Å². The minimum absolute atomic E-state index is 0.0230. The second-order valence-corrected chi connectivity index (χ2v) is 8.88. The zero-order valence-electron chi connectivity index (χ0n) is 18.3. The fraction of sp³-hybridized carbons (Fsp3) is 0.391. The molecular weight excluding hydrogens is 445 g/mol. The molecule has 4 rings (SSSR count). The van der Waals surface area contributed by atoms with Crippen LogP contribution >= 0.6 is 0 Å². The van der Waals surface area contributed by atoms with Crippen LogP contribution in [0.5, 0.6) is 5.75 Å². The second-order valence-electron chi connectivity index (χ2n) is 8.88. The Morgan fingerprint density at radius 3 is 2.42 bits per heavy atom. The Bertz CT molecular complexity index is 1240. The number of methoxy groups -OCH3 is 1. The van der Waals surface area contributed by atoms with Crippen molar-refractivity contribution >= 4 is 16.6 Å². The van der Waals surface area contributed by atoms with Gasteiger partial charge in [-0.25, -0.2) is 18.7 Å². The lowest BCUT2D eigenvalue weighted by atomic mass is 9.63. The number of ether oxygens (including phenoxy) is 1. The van der Waals surface area contributed by atoms with E-state index >= 15 is 0 Å². The lowest BCUT2D eigenvalue weighted by Gasteiger charge is -2.49. The van der Waals surface area contributed by atoms with Crippen molar-refractivity contribution < 1.29 is 31.8 Å². The number of aliphatic hydroxyl groups is 1. The molecule has 0 unspecified atom stereocenters. The zero-order valence-corrected chi connectivity index (χ0v) is 18.3. The lowest BCUT2D eigenvalue weighted by Crippen LogP contribution is -2.58. The molecule has 0 radical (unpaired) electrons. The van der Waals surface area contributed by atoms with Crippen LogP contribution in [0.25, 0.3) is 10.9 Å². The topological polar surface area (TPSA) is 67.3 Å². The van der Waals surface area contributed by atoms with Gasteiger partial charge in [0, 0.05) is 22.8 Å². The second kappa shape index (κ2) is 7.51. The van der Waals surface area contributed by atoms with Crippen molar-refractivity contribution in [3.8, 4) is 5.75 Å². The lowest BCUT2D eigenvalue weighted by molar-refractivity contribution is -0.275. The van der Waals surface area contributed by atoms with Crippen LogP contribution in [0.3, 0.4) is 0 Å². The average molecular weight is 467 g/mol. The molecule has 1 aromatic heterocycles. The molecule has 10 heteroatoms. The maximum absolute atomic E-state index is 14.5. The van der Waals surface area contributed by atoms with Crippen LogP contribution in [0.1, 0.15) is 43.3 Å². The van der Waals surface area contributed by atoms with E-state index in [9.17, 15) is 27.1 Å². The fourth-order valence-electron chi connectivity index (χ4n) is 4.75. The minimum Gasteiger partial charge on any atom is -0.493 e. The van der Waals surface area contributed by atoms with Crippen LogP contribution < -0.4 is 10.1 Å². The summed E-state index contributed by atoms with van der Waals surface area (Å²) in [6.07, 6.45) is -4.50. The summed E-state index contributed by atoms with van der Waals surface area (Å²) in [6.45, 7) is 4.54. The van der Waals surface area contributed by atoms with Gasteiger partial charge < -0.3 is 15.2 Å². The Morgan fingerprint density at radius 2 is 1.79 bits per heavy atom. The number of benzene rings is 2. The predicted molar refractivity (Wildman–Crippen MR) is 112 cm³/mol. The number of alkyl halides is 3. The molecule has 176 valence electrons. The molecule has 0 spiro atoms. The van der Waals surface area contributed by atoms with Crippen molar-refractivity contribution in [1.29, 1.82) is 0 Å². The van der Waals surface area contributed by atoms with Crippen LogP contribution in [-0.4, -0.2) is 34.0 Å². The van der Waals surface area contributed by atoms with E-state index in [1.54, 1.807) is 6.92 Å². The SMILES string of the molecule is COc1c(F)ccc2c1C(C)(C)C[C@](O)(C(F)(F)F)[C@H]2Nc1ccc(F)c2nc(C)ncc12. The van der Waals surface area contributed by atoms with Crippen LogP contribution in [0.4, 0.5) is 27.6 Å². The summed E-state index contributed by atoms with van der Waals surface area (Å²) in [5.74, 6) is -1.29. The smallest absolute Gasteiger partial charge is 0.419 e. The van der Waals surface area contributed by atoms with Crippen molar-refractivity contribution in [2.24, 2.45) is 0 Å². The first-order chi connectivity index (χ1) is 15.3. The highest BCUT2D eigenvalue weighted by molar-refractivity contribution is 5.91. The summed E-state index contributed by atoms with van der Waals surface area (Å²) in [4.78, 5) is 8.06. The molecule has 0 fully saturated rings. The molecule has 5 nitrogen and oxygen atoms in total. The van der Waals surface area contributed by atoms with E-state index in [1.165, 1.54) is 39.3 Å². The number of hydrogen-bond acceptors (Lipinski definition) is 5. The predicted octanol–water partition coefficient (Wildman–Crippen LogP) is 5.35. The largest absolute Gasteiger partial charge is 0.493 e. The summed E-state index contributed by atoms with van der Waals surface area (Å²) in [5.41, 5.74) is -4.25. The first kappa shape index (κ1) is 23.2. The zero-order chi connectivity index (χ0) is 24.3. The number of aryl methyl sites for hydroxylation is 1. The number of fused-ring (bicyclic) bond motifs is 2. The first-order valence-electron chi connectivity index (χ1n) is 10.1. The van der Waals surface area contributed by atoms with Gasteiger partial charge in [0.25, 0.3) is 0 Å². The highest BCUT2D eigenvalue weighted by Crippen LogP contribution is 2.56. The summed E-state index contributed by atoms with van der Waals surface area (Å²) >= 11 is 0. The number of halogens is 5. The summed E-state index contributed by atoms with van der Waals surface area (Å²) in [5, 5.41) is 14.0. The summed E-state index contributed by atoms with van der Waals surface area (Å²) in [6, 6.07) is 2.79. The van der Waals surface area contributed by atoms with Crippen LogP contribution in [0.2, 0.25) is 0 Å². The van der Waals surface area contributed by atoms with E-state index in [2.05, 4.69) is 15.3 Å². The third-order valence-corrected chi connectivity index (χ3v) is 6.14. The average Bonchev–Trinajstić information content (AvgIpc) is 2.71. The molecule has 3 aromatic rings. The Morgan fingerprint density at radius 1 is 1.12 bits per heavy atom. The molecule has 0 saturated carbocycles. The normalized spacial score (nSPS) is 22.2. The highest BCUT2D eigenvalue weighted by atomic mass is 19.4. The van der Waals surface area contributed by atoms with Crippen LogP contribution in [0.15, 0.2) is 30.5 Å². The number of hydrogen-bond donors (Lipinski definition) is 2. The summed E-state index contributed by atoms with van der Waals surface area (Å²) < 4.78 is 77.0. The van der Waals surface area contributed by atoms with Crippen LogP contribution in [0, 0.1) is 18.6 Å². The molecule has 2 N–H and O–H groups in total. The van der Waals surface area contributed by atoms with E-state index in [0.29, 0.717) is 0 Å². The van der Waals surface area contributed by atoms with E-state index in [4.69, 9.17) is 4.74 Å². The first-order valence-corrected chi connectivity index (χ1v) is 10.1. The van der Waals surface area contributed by atoms with Gasteiger partial charge in [-0.05, 0) is 42.5 Å². The van der Waals surface area contributed by atoms with Crippen molar-refractivity contribution in [2.45, 2.75) is 50.4 Å². The molecule has 1 aliphatic carbocycles. The van der Waals surface area contributed by atoms with E-state index in [1.807, 2.05) is 0 Å². The molecule has 0 aliphatic heterocycles. The van der Waals surface area contributed by atoms with Gasteiger partial charge in [-0.2, -0.15) is 13.2 Å². The standard InChI is InChI=1S/C23H22F5N3O2/c1-11-29-9-13-16(8-7-14(24)18(13)30-11)31-20-12-5-6-15(25)19(33-4)17(12)21(2,3)10-22(20,32)23(26,27)28/h5-9,20,31-32H,10H2,1-4H3/t20-,22+/m0/s1. The van der Waals surface area contributed by atoms with Gasteiger partial charge in [0.15, 0.2) is 17.2 Å². The Hall–Kier alpha value is -3.01. The Kier molecular flexibility index (Phi) is 5.27. The van der Waals surface area contributed by atoms with Gasteiger partial charge in [0.05, 0.1) is 13.2 Å². The van der Waals surface area contributed by atoms with Crippen molar-refractivity contribution in [2.75, 3.05) is 12.4 Å². The molecule has 0 saturated heterocycles. The Labute approximate surface area is 186 Å². The van der Waals surface area contributed by atoms with Gasteiger partial charge in [-0.15, -0.1) is 0 Å². The minimum atomic E-state index is -5.04. The number of nitrogens with one attached hydrogen (secondary N) is 1. The highest BCUT2D eigenvalue weighted by Gasteiger charge is 2.64. The van der Waals surface area contributed by atoms with Gasteiger partial charge in [0.1, 0.15) is 17.2 Å². The number of aromatic nitrogens is 2. The quantitative estimate of drug-likeness (QED) is 0.508. The molecule has 1 aliphatic rings. The maximum atomic E-state index is 14.5. The van der Waals surface area contributed by atoms with Gasteiger partial charge in [0.2, 0.25) is 0 Å². The maximum Gasteiger partial charge on any atom is 0.419 e. The third-order valence-electron chi connectivity index (χ3n) is 6.14. The van der Waals surface area contributed by atoms with Crippen molar-refractivity contribution in [3.63, 3.8) is 0 Å². The fourth-order valence-corrected chi connectivity index (χ4v) is 4.75. The molecule has 1 heterocycles. The molecule has 2 atom stereocenters. The van der Waals surface area contributed by atoms with Crippen molar-refractivity contribution in [1.82, 2.24) is 9.97 Å². The molecule has 0 amide bonds. The van der Waals surface area contributed by atoms with Gasteiger partial charge in [-0.3, -0.25) is 0 Å². The number of anilines is 1. The molecular formula is C23H22F5N3O2. The number of nitrogens with zero attached hydrogens (tertiary/aromatic N) is 2. The van der Waals surface area contributed by atoms with Gasteiger partial charge in [-0.1, -0.05) is 19.9 Å². The van der Waals surface area contributed by atoms with Gasteiger partial charge >= 0.3 is 6.18 Å². The van der Waals surface area contributed by atoms with E-state index in [0.717, 1.165) is 12.1 Å². The molecule has 33 heavy (non-hydrogen) atoms. The number of rotatable bonds is 3.